The molecular formula is C17H27N. The van der Waals surface area contributed by atoms with Crippen LogP contribution in [-0.2, 0) is 6.42 Å². The van der Waals surface area contributed by atoms with E-state index in [4.69, 9.17) is 0 Å². The van der Waals surface area contributed by atoms with Crippen LogP contribution in [0.25, 0.3) is 0 Å². The molecule has 0 amide bonds. The molecule has 2 rings (SSSR count). The van der Waals surface area contributed by atoms with Gasteiger partial charge in [-0.1, -0.05) is 51.1 Å². The van der Waals surface area contributed by atoms with E-state index < -0.39 is 0 Å². The van der Waals surface area contributed by atoms with Gasteiger partial charge < -0.3 is 4.90 Å². The Balaban J connectivity index is 2.02. The molecule has 0 bridgehead atoms. The van der Waals surface area contributed by atoms with Crippen molar-refractivity contribution in [3.63, 3.8) is 0 Å². The average Bonchev–Trinajstić information content (AvgIpc) is 2.32. The lowest BCUT2D eigenvalue weighted by Crippen LogP contribution is -2.44. The van der Waals surface area contributed by atoms with E-state index in [0.717, 1.165) is 5.92 Å². The van der Waals surface area contributed by atoms with Gasteiger partial charge in [-0.25, -0.2) is 0 Å². The molecule has 1 aliphatic heterocycles. The van der Waals surface area contributed by atoms with Crippen LogP contribution in [0.3, 0.4) is 0 Å². The number of hydrogen-bond acceptors (Lipinski definition) is 1. The summed E-state index contributed by atoms with van der Waals surface area (Å²) in [6, 6.07) is 11.6. The number of hydrogen-bond donors (Lipinski definition) is 0. The van der Waals surface area contributed by atoms with Gasteiger partial charge in [-0.3, -0.25) is 0 Å². The second-order valence-corrected chi connectivity index (χ2v) is 6.91. The normalized spacial score (nSPS) is 26.2. The zero-order valence-electron chi connectivity index (χ0n) is 12.3. The van der Waals surface area contributed by atoms with E-state index >= 15 is 0 Å². The minimum Gasteiger partial charge on any atom is -0.303 e. The van der Waals surface area contributed by atoms with E-state index in [2.05, 4.69) is 63.1 Å². The Kier molecular flexibility index (Phi) is 4.11. The molecule has 0 radical (unpaired) electrons. The largest absolute Gasteiger partial charge is 0.303 e. The van der Waals surface area contributed by atoms with Gasteiger partial charge in [0.15, 0.2) is 0 Å². The fourth-order valence-corrected chi connectivity index (χ4v) is 3.08. The summed E-state index contributed by atoms with van der Waals surface area (Å²) in [6.07, 6.45) is 3.89. The second kappa shape index (κ2) is 5.44. The van der Waals surface area contributed by atoms with Gasteiger partial charge in [0.2, 0.25) is 0 Å². The number of likely N-dealkylation sites (N-methyl/N-ethyl adjacent to an activating group) is 1. The van der Waals surface area contributed by atoms with Crippen molar-refractivity contribution in [1.82, 2.24) is 4.90 Å². The van der Waals surface area contributed by atoms with Crippen molar-refractivity contribution in [3.05, 3.63) is 35.9 Å². The number of nitrogens with zero attached hydrogens (tertiary/aromatic N) is 1. The molecule has 0 aliphatic carbocycles. The van der Waals surface area contributed by atoms with Crippen molar-refractivity contribution >= 4 is 0 Å². The van der Waals surface area contributed by atoms with Gasteiger partial charge in [-0.05, 0) is 49.8 Å². The molecule has 0 spiro atoms. The summed E-state index contributed by atoms with van der Waals surface area (Å²) in [4.78, 5) is 2.55. The fraction of sp³-hybridized carbons (Fsp3) is 0.647. The highest BCUT2D eigenvalue weighted by molar-refractivity contribution is 5.16. The number of rotatable bonds is 2. The Morgan fingerprint density at radius 2 is 1.83 bits per heavy atom. The maximum absolute atomic E-state index is 2.55. The van der Waals surface area contributed by atoms with E-state index in [0.29, 0.717) is 11.5 Å². The van der Waals surface area contributed by atoms with Crippen molar-refractivity contribution in [2.24, 2.45) is 11.3 Å². The summed E-state index contributed by atoms with van der Waals surface area (Å²) in [5, 5.41) is 0. The average molecular weight is 245 g/mol. The van der Waals surface area contributed by atoms with Gasteiger partial charge in [0, 0.05) is 6.04 Å². The molecule has 0 unspecified atom stereocenters. The molecule has 1 nitrogen and oxygen atoms in total. The number of piperidine rings is 1. The van der Waals surface area contributed by atoms with Crippen LogP contribution >= 0.6 is 0 Å². The topological polar surface area (TPSA) is 3.24 Å². The Bertz CT molecular complexity index is 363. The Morgan fingerprint density at radius 1 is 1.17 bits per heavy atom. The predicted octanol–water partition coefficient (Wildman–Crippen LogP) is 3.99. The molecule has 1 aliphatic rings. The van der Waals surface area contributed by atoms with Crippen molar-refractivity contribution in [2.75, 3.05) is 13.6 Å². The van der Waals surface area contributed by atoms with Crippen LogP contribution in [0, 0.1) is 11.3 Å². The van der Waals surface area contributed by atoms with Crippen LogP contribution in [-0.4, -0.2) is 24.5 Å². The molecule has 18 heavy (non-hydrogen) atoms. The van der Waals surface area contributed by atoms with Gasteiger partial charge in [0.05, 0.1) is 0 Å². The van der Waals surface area contributed by atoms with Crippen molar-refractivity contribution in [2.45, 2.75) is 46.1 Å². The predicted molar refractivity (Wildman–Crippen MR) is 78.7 cm³/mol. The second-order valence-electron chi connectivity index (χ2n) is 6.91. The lowest BCUT2D eigenvalue weighted by molar-refractivity contribution is 0.0798. The van der Waals surface area contributed by atoms with Crippen LogP contribution in [0.4, 0.5) is 0 Å². The quantitative estimate of drug-likeness (QED) is 0.761. The molecule has 1 heteroatoms. The maximum atomic E-state index is 2.55. The lowest BCUT2D eigenvalue weighted by atomic mass is 9.72. The molecular weight excluding hydrogens is 218 g/mol. The van der Waals surface area contributed by atoms with Crippen molar-refractivity contribution in [3.8, 4) is 0 Å². The fourth-order valence-electron chi connectivity index (χ4n) is 3.08. The SMILES string of the molecule is CN1CC[C@@H](C(C)(C)C)C[C@H]1Cc1ccccc1. The van der Waals surface area contributed by atoms with Crippen LogP contribution in [0.1, 0.15) is 39.2 Å². The molecule has 1 fully saturated rings. The van der Waals surface area contributed by atoms with Gasteiger partial charge in [0.1, 0.15) is 0 Å². The minimum absolute atomic E-state index is 0.455. The monoisotopic (exact) mass is 245 g/mol. The first-order chi connectivity index (χ1) is 8.47. The van der Waals surface area contributed by atoms with Gasteiger partial charge in [0.25, 0.3) is 0 Å². The van der Waals surface area contributed by atoms with Crippen LogP contribution < -0.4 is 0 Å². The molecule has 1 aromatic rings. The standard InChI is InChI=1S/C17H27N/c1-17(2,3)15-10-11-18(4)16(13-15)12-14-8-6-5-7-9-14/h5-9,15-16H,10-13H2,1-4H3/t15-,16-/m1/s1. The minimum atomic E-state index is 0.455. The Hall–Kier alpha value is -0.820. The molecule has 0 N–H and O–H groups in total. The smallest absolute Gasteiger partial charge is 0.0135 e. The summed E-state index contributed by atoms with van der Waals surface area (Å²) in [5.41, 5.74) is 1.93. The lowest BCUT2D eigenvalue weighted by Gasteiger charge is -2.42. The van der Waals surface area contributed by atoms with E-state index in [1.807, 2.05) is 0 Å². The van der Waals surface area contributed by atoms with Crippen LogP contribution in [0.5, 0.6) is 0 Å². The molecule has 1 aromatic carbocycles. The highest BCUT2D eigenvalue weighted by Crippen LogP contribution is 2.37. The Labute approximate surface area is 112 Å². The molecule has 1 heterocycles. The first kappa shape index (κ1) is 13.6. The third-order valence-electron chi connectivity index (χ3n) is 4.55. The molecule has 100 valence electrons. The Morgan fingerprint density at radius 3 is 2.44 bits per heavy atom. The van der Waals surface area contributed by atoms with Gasteiger partial charge >= 0.3 is 0 Å². The van der Waals surface area contributed by atoms with Gasteiger partial charge in [-0.15, -0.1) is 0 Å². The highest BCUT2D eigenvalue weighted by Gasteiger charge is 2.32. The molecule has 1 saturated heterocycles. The zero-order valence-corrected chi connectivity index (χ0v) is 12.3. The van der Waals surface area contributed by atoms with E-state index in [1.54, 1.807) is 0 Å². The van der Waals surface area contributed by atoms with Gasteiger partial charge in [-0.2, -0.15) is 0 Å². The van der Waals surface area contributed by atoms with E-state index in [-0.39, 0.29) is 0 Å². The summed E-state index contributed by atoms with van der Waals surface area (Å²) in [7, 11) is 2.28. The first-order valence-electron chi connectivity index (χ1n) is 7.21. The summed E-state index contributed by atoms with van der Waals surface area (Å²) in [6.45, 7) is 8.42. The van der Waals surface area contributed by atoms with Crippen LogP contribution in [0.15, 0.2) is 30.3 Å². The molecule has 2 atom stereocenters. The van der Waals surface area contributed by atoms with Crippen molar-refractivity contribution < 1.29 is 0 Å². The third-order valence-corrected chi connectivity index (χ3v) is 4.55. The molecule has 0 saturated carbocycles. The zero-order chi connectivity index (χ0) is 13.2. The summed E-state index contributed by atoms with van der Waals surface area (Å²) in [5.74, 6) is 0.863. The first-order valence-corrected chi connectivity index (χ1v) is 7.21. The summed E-state index contributed by atoms with van der Waals surface area (Å²) >= 11 is 0. The van der Waals surface area contributed by atoms with E-state index in [9.17, 15) is 0 Å². The van der Waals surface area contributed by atoms with Crippen LogP contribution in [0.2, 0.25) is 0 Å². The number of likely N-dealkylation sites (tertiary alicyclic amines) is 1. The highest BCUT2D eigenvalue weighted by atomic mass is 15.1. The molecule has 0 aromatic heterocycles. The third kappa shape index (κ3) is 3.35. The van der Waals surface area contributed by atoms with Crippen molar-refractivity contribution in [1.29, 1.82) is 0 Å². The summed E-state index contributed by atoms with van der Waals surface area (Å²) < 4.78 is 0. The number of benzene rings is 1. The van der Waals surface area contributed by atoms with E-state index in [1.165, 1.54) is 31.4 Å². The maximum Gasteiger partial charge on any atom is 0.0135 e.